The van der Waals surface area contributed by atoms with E-state index in [0.717, 1.165) is 65.8 Å². The van der Waals surface area contributed by atoms with Crippen LogP contribution in [-0.4, -0.2) is 41.0 Å². The van der Waals surface area contributed by atoms with Crippen LogP contribution >= 0.6 is 0 Å². The number of pyridine rings is 1. The molecule has 0 bridgehead atoms. The van der Waals surface area contributed by atoms with Gasteiger partial charge in [-0.05, 0) is 68.0 Å². The van der Waals surface area contributed by atoms with Crippen molar-refractivity contribution >= 4 is 34.4 Å². The van der Waals surface area contributed by atoms with Crippen molar-refractivity contribution < 1.29 is 18.7 Å². The summed E-state index contributed by atoms with van der Waals surface area (Å²) in [5, 5.41) is 0.756. The molecule has 1 saturated heterocycles. The highest BCUT2D eigenvalue weighted by atomic mass is 16.5. The quantitative estimate of drug-likeness (QED) is 0.586. The summed E-state index contributed by atoms with van der Waals surface area (Å²) in [6, 6.07) is 11.3. The lowest BCUT2D eigenvalue weighted by molar-refractivity contribution is -0.138. The molecule has 2 aromatic heterocycles. The van der Waals surface area contributed by atoms with E-state index < -0.39 is 12.1 Å². The highest BCUT2D eigenvalue weighted by Gasteiger charge is 2.31. The van der Waals surface area contributed by atoms with Gasteiger partial charge in [-0.15, -0.1) is 0 Å². The second-order valence-corrected chi connectivity index (χ2v) is 8.10. The monoisotopic (exact) mass is 416 g/mol. The van der Waals surface area contributed by atoms with Gasteiger partial charge in [0.2, 0.25) is 0 Å². The molecule has 1 aromatic carbocycles. The zero-order valence-corrected chi connectivity index (χ0v) is 17.5. The highest BCUT2D eigenvalue weighted by molar-refractivity contribution is 6.07. The Morgan fingerprint density at radius 3 is 2.71 bits per heavy atom. The van der Waals surface area contributed by atoms with E-state index in [1.165, 1.54) is 0 Å². The second kappa shape index (κ2) is 8.02. The van der Waals surface area contributed by atoms with Crippen LogP contribution in [0, 0.1) is 0 Å². The first-order valence-corrected chi connectivity index (χ1v) is 10.8. The lowest BCUT2D eigenvalue weighted by atomic mass is 10.0. The van der Waals surface area contributed by atoms with Gasteiger partial charge in [0.1, 0.15) is 5.76 Å². The number of rotatable bonds is 4. The van der Waals surface area contributed by atoms with Gasteiger partial charge in [0.05, 0.1) is 23.0 Å². The number of hydrogen-bond acceptors (Lipinski definition) is 5. The Morgan fingerprint density at radius 2 is 1.94 bits per heavy atom. The topological polar surface area (TPSA) is 72.6 Å². The molecule has 2 aliphatic rings. The van der Waals surface area contributed by atoms with Crippen LogP contribution in [0.4, 0.5) is 0 Å². The van der Waals surface area contributed by atoms with Gasteiger partial charge < -0.3 is 14.1 Å². The van der Waals surface area contributed by atoms with Crippen molar-refractivity contribution in [3.8, 4) is 0 Å². The number of nitrogens with zero attached hydrogens (tertiary/aromatic N) is 2. The maximum absolute atomic E-state index is 13.3. The van der Waals surface area contributed by atoms with Gasteiger partial charge in [-0.25, -0.2) is 9.78 Å². The van der Waals surface area contributed by atoms with E-state index in [-0.39, 0.29) is 5.91 Å². The first kappa shape index (κ1) is 19.5. The molecule has 0 unspecified atom stereocenters. The Balaban J connectivity index is 1.52. The van der Waals surface area contributed by atoms with E-state index in [0.29, 0.717) is 12.0 Å². The van der Waals surface area contributed by atoms with Crippen LogP contribution in [0.5, 0.6) is 0 Å². The lowest BCUT2D eigenvalue weighted by Crippen LogP contribution is -2.38. The molecule has 1 aliphatic heterocycles. The molecule has 1 atom stereocenters. The molecule has 6 heteroatoms. The van der Waals surface area contributed by atoms with Crippen molar-refractivity contribution in [1.82, 2.24) is 9.88 Å². The molecule has 3 aromatic rings. The highest BCUT2D eigenvalue weighted by Crippen LogP contribution is 2.38. The van der Waals surface area contributed by atoms with Gasteiger partial charge in [0.15, 0.2) is 6.10 Å². The van der Waals surface area contributed by atoms with E-state index in [9.17, 15) is 9.59 Å². The fraction of sp³-hybridized carbons (Fsp3) is 0.320. The van der Waals surface area contributed by atoms with Gasteiger partial charge in [-0.3, -0.25) is 4.79 Å². The largest absolute Gasteiger partial charge is 0.465 e. The average molecular weight is 416 g/mol. The third-order valence-electron chi connectivity index (χ3n) is 6.05. The first-order chi connectivity index (χ1) is 15.1. The molecule has 0 saturated carbocycles. The summed E-state index contributed by atoms with van der Waals surface area (Å²) in [5.74, 6) is 0.167. The van der Waals surface area contributed by atoms with Crippen molar-refractivity contribution in [3.05, 3.63) is 65.2 Å². The zero-order valence-electron chi connectivity index (χ0n) is 17.5. The number of para-hydroxylation sites is 1. The number of esters is 1. The molecule has 31 heavy (non-hydrogen) atoms. The van der Waals surface area contributed by atoms with Gasteiger partial charge in [-0.1, -0.05) is 18.2 Å². The van der Waals surface area contributed by atoms with Gasteiger partial charge >= 0.3 is 5.97 Å². The molecule has 3 heterocycles. The summed E-state index contributed by atoms with van der Waals surface area (Å²) in [4.78, 5) is 32.6. The van der Waals surface area contributed by atoms with E-state index >= 15 is 0 Å². The molecule has 1 fully saturated rings. The normalized spacial score (nSPS) is 17.8. The molecule has 0 radical (unpaired) electrons. The van der Waals surface area contributed by atoms with Crippen molar-refractivity contribution in [2.24, 2.45) is 0 Å². The summed E-state index contributed by atoms with van der Waals surface area (Å²) in [7, 11) is 0. The van der Waals surface area contributed by atoms with E-state index in [2.05, 4.69) is 0 Å². The molecule has 158 valence electrons. The lowest BCUT2D eigenvalue weighted by Gasteiger charge is -2.21. The summed E-state index contributed by atoms with van der Waals surface area (Å²) < 4.78 is 11.2. The number of benzene rings is 1. The molecular formula is C25H24N2O4. The number of amides is 1. The standard InChI is InChI=1S/C25H24N2O4/c1-16(24(28)27-12-4-5-13-27)31-25(29)22-19-8-2-3-9-21(19)26-23-17(10-11-20(22)23)15-18-7-6-14-30-18/h2-3,6-9,14-16H,4-5,10-13H2,1H3/b17-15+/t16-/m1/s1. The number of fused-ring (bicyclic) bond motifs is 2. The van der Waals surface area contributed by atoms with Gasteiger partial charge in [0.25, 0.3) is 5.91 Å². The van der Waals surface area contributed by atoms with E-state index in [4.69, 9.17) is 14.1 Å². The minimum atomic E-state index is -0.812. The Hall–Kier alpha value is -3.41. The van der Waals surface area contributed by atoms with Gasteiger partial charge in [0, 0.05) is 18.5 Å². The Bertz CT molecular complexity index is 1170. The first-order valence-electron chi connectivity index (χ1n) is 10.8. The Labute approximate surface area is 180 Å². The average Bonchev–Trinajstić information content (AvgIpc) is 3.55. The fourth-order valence-electron chi connectivity index (χ4n) is 4.52. The molecule has 6 nitrogen and oxygen atoms in total. The molecule has 0 spiro atoms. The SMILES string of the molecule is C[C@@H](OC(=O)c1c2c(nc3ccccc13)/C(=C/c1ccco1)CC2)C(=O)N1CCCC1. The third kappa shape index (κ3) is 3.63. The number of carbonyl (C=O) groups is 2. The predicted octanol–water partition coefficient (Wildman–Crippen LogP) is 4.48. The van der Waals surface area contributed by atoms with Crippen LogP contribution < -0.4 is 0 Å². The predicted molar refractivity (Wildman–Crippen MR) is 117 cm³/mol. The number of carbonyl (C=O) groups excluding carboxylic acids is 2. The fourth-order valence-corrected chi connectivity index (χ4v) is 4.52. The summed E-state index contributed by atoms with van der Waals surface area (Å²) >= 11 is 0. The number of hydrogen-bond donors (Lipinski definition) is 0. The molecule has 0 N–H and O–H groups in total. The Kier molecular flexibility index (Phi) is 5.06. The molecule has 1 aliphatic carbocycles. The van der Waals surface area contributed by atoms with E-state index in [1.807, 2.05) is 42.5 Å². The number of likely N-dealkylation sites (tertiary alicyclic amines) is 1. The zero-order chi connectivity index (χ0) is 21.4. The van der Waals surface area contributed by atoms with E-state index in [1.54, 1.807) is 18.1 Å². The van der Waals surface area contributed by atoms with Crippen LogP contribution in [0.15, 0.2) is 47.1 Å². The van der Waals surface area contributed by atoms with Crippen LogP contribution in [0.1, 0.15) is 53.6 Å². The van der Waals surface area contributed by atoms with Crippen LogP contribution in [0.3, 0.4) is 0 Å². The Morgan fingerprint density at radius 1 is 1.13 bits per heavy atom. The summed E-state index contributed by atoms with van der Waals surface area (Å²) in [5.41, 5.74) is 3.97. The number of ether oxygens (including phenoxy) is 1. The number of aromatic nitrogens is 1. The minimum absolute atomic E-state index is 0.126. The van der Waals surface area contributed by atoms with Crippen molar-refractivity contribution in [1.29, 1.82) is 0 Å². The minimum Gasteiger partial charge on any atom is -0.465 e. The van der Waals surface area contributed by atoms with Crippen molar-refractivity contribution in [3.63, 3.8) is 0 Å². The van der Waals surface area contributed by atoms with Crippen LogP contribution in [-0.2, 0) is 16.0 Å². The van der Waals surface area contributed by atoms with Gasteiger partial charge in [-0.2, -0.15) is 0 Å². The molecular weight excluding hydrogens is 392 g/mol. The maximum atomic E-state index is 13.3. The van der Waals surface area contributed by atoms with Crippen molar-refractivity contribution in [2.45, 2.75) is 38.7 Å². The van der Waals surface area contributed by atoms with Crippen LogP contribution in [0.25, 0.3) is 22.6 Å². The number of furan rings is 1. The third-order valence-corrected chi connectivity index (χ3v) is 6.05. The smallest absolute Gasteiger partial charge is 0.339 e. The maximum Gasteiger partial charge on any atom is 0.339 e. The summed E-state index contributed by atoms with van der Waals surface area (Å²) in [6.07, 6.45) is 6.26. The number of allylic oxidation sites excluding steroid dienone is 1. The molecule has 5 rings (SSSR count). The molecule has 1 amide bonds. The van der Waals surface area contributed by atoms with Crippen molar-refractivity contribution in [2.75, 3.05) is 13.1 Å². The second-order valence-electron chi connectivity index (χ2n) is 8.10. The van der Waals surface area contributed by atoms with Crippen LogP contribution in [0.2, 0.25) is 0 Å². The summed E-state index contributed by atoms with van der Waals surface area (Å²) in [6.45, 7) is 3.12.